The lowest BCUT2D eigenvalue weighted by molar-refractivity contribution is -0.116. The molecule has 1 rings (SSSR count). The number of rotatable bonds is 6. The fraction of sp³-hybridized carbons (Fsp3) is 0.333. The third kappa shape index (κ3) is 5.46. The number of nitrogens with one attached hydrogen (secondary N) is 2. The van der Waals surface area contributed by atoms with Gasteiger partial charge >= 0.3 is 0 Å². The van der Waals surface area contributed by atoms with E-state index in [4.69, 9.17) is 28.9 Å². The molecule has 7 heteroatoms. The van der Waals surface area contributed by atoms with E-state index in [1.807, 2.05) is 0 Å². The van der Waals surface area contributed by atoms with Gasteiger partial charge in [-0.15, -0.1) is 11.6 Å². The minimum atomic E-state index is -0.360. The average Bonchev–Trinajstić information content (AvgIpc) is 2.39. The van der Waals surface area contributed by atoms with E-state index in [1.54, 1.807) is 18.2 Å². The molecule has 0 unspecified atom stereocenters. The Morgan fingerprint density at radius 1 is 1.16 bits per heavy atom. The van der Waals surface area contributed by atoms with Crippen molar-refractivity contribution in [3.05, 3.63) is 23.2 Å². The van der Waals surface area contributed by atoms with E-state index in [-0.39, 0.29) is 17.7 Å². The molecule has 0 spiro atoms. The van der Waals surface area contributed by atoms with Crippen LogP contribution in [0.3, 0.4) is 0 Å². The van der Waals surface area contributed by atoms with Crippen molar-refractivity contribution < 1.29 is 9.59 Å². The number of nitrogens with two attached hydrogens (primary N) is 1. The molecule has 0 aliphatic carbocycles. The molecule has 0 atom stereocenters. The van der Waals surface area contributed by atoms with Gasteiger partial charge in [0.1, 0.15) is 5.88 Å². The molecule has 0 bridgehead atoms. The van der Waals surface area contributed by atoms with Crippen LogP contribution in [-0.2, 0) is 9.59 Å². The van der Waals surface area contributed by atoms with Gasteiger partial charge in [0.2, 0.25) is 11.8 Å². The highest BCUT2D eigenvalue weighted by atomic mass is 35.5. The summed E-state index contributed by atoms with van der Waals surface area (Å²) in [4.78, 5) is 22.9. The van der Waals surface area contributed by atoms with Crippen LogP contribution in [0.4, 0.5) is 11.4 Å². The first-order chi connectivity index (χ1) is 9.06. The summed E-state index contributed by atoms with van der Waals surface area (Å²) in [6.07, 6.45) is 0.904. The second kappa shape index (κ2) is 7.99. The quantitative estimate of drug-likeness (QED) is 0.704. The standard InChI is InChI=1S/C12H15Cl2N3O2/c13-7-12(19)16-9-4-3-8(14)6-10(9)17-11(18)2-1-5-15/h3-4,6H,1-2,5,7,15H2,(H,16,19)(H,17,18). The molecule has 0 heterocycles. The van der Waals surface area contributed by atoms with Gasteiger partial charge in [-0.3, -0.25) is 9.59 Å². The van der Waals surface area contributed by atoms with Gasteiger partial charge < -0.3 is 16.4 Å². The fourth-order valence-corrected chi connectivity index (χ4v) is 1.63. The van der Waals surface area contributed by atoms with Crippen molar-refractivity contribution in [1.82, 2.24) is 0 Å². The number of benzene rings is 1. The van der Waals surface area contributed by atoms with Crippen molar-refractivity contribution >= 4 is 46.4 Å². The number of hydrogen-bond donors (Lipinski definition) is 3. The Balaban J connectivity index is 2.81. The minimum Gasteiger partial charge on any atom is -0.330 e. The Bertz CT molecular complexity index is 466. The number of amides is 2. The van der Waals surface area contributed by atoms with Crippen LogP contribution in [-0.4, -0.2) is 24.2 Å². The molecule has 0 aliphatic rings. The minimum absolute atomic E-state index is 0.164. The average molecular weight is 304 g/mol. The van der Waals surface area contributed by atoms with Crippen molar-refractivity contribution in [2.24, 2.45) is 5.73 Å². The Morgan fingerprint density at radius 3 is 2.47 bits per heavy atom. The Morgan fingerprint density at radius 2 is 1.84 bits per heavy atom. The summed E-state index contributed by atoms with van der Waals surface area (Å²) in [6.45, 7) is 0.443. The van der Waals surface area contributed by atoms with E-state index < -0.39 is 0 Å². The summed E-state index contributed by atoms with van der Waals surface area (Å²) in [5, 5.41) is 5.72. The topological polar surface area (TPSA) is 84.2 Å². The predicted molar refractivity (Wildman–Crippen MR) is 77.7 cm³/mol. The third-order valence-electron chi connectivity index (χ3n) is 2.26. The zero-order valence-corrected chi connectivity index (χ0v) is 11.7. The summed E-state index contributed by atoms with van der Waals surface area (Å²) in [6, 6.07) is 4.78. The Hall–Kier alpha value is -1.30. The maximum Gasteiger partial charge on any atom is 0.239 e. The van der Waals surface area contributed by atoms with E-state index >= 15 is 0 Å². The van der Waals surface area contributed by atoms with Crippen LogP contribution in [0, 0.1) is 0 Å². The number of alkyl halides is 1. The van der Waals surface area contributed by atoms with Crippen molar-refractivity contribution in [2.45, 2.75) is 12.8 Å². The van der Waals surface area contributed by atoms with Gasteiger partial charge in [0.05, 0.1) is 11.4 Å². The first-order valence-corrected chi connectivity index (χ1v) is 6.63. The van der Waals surface area contributed by atoms with E-state index in [2.05, 4.69) is 10.6 Å². The highest BCUT2D eigenvalue weighted by Crippen LogP contribution is 2.26. The number of hydrogen-bond acceptors (Lipinski definition) is 3. The lowest BCUT2D eigenvalue weighted by Gasteiger charge is -2.12. The summed E-state index contributed by atoms with van der Waals surface area (Å²) >= 11 is 11.3. The predicted octanol–water partition coefficient (Wildman–Crippen LogP) is 2.19. The molecule has 104 valence electrons. The fourth-order valence-electron chi connectivity index (χ4n) is 1.39. The van der Waals surface area contributed by atoms with Gasteiger partial charge in [0, 0.05) is 11.4 Å². The maximum atomic E-state index is 11.6. The normalized spacial score (nSPS) is 10.1. The Labute approximate surface area is 121 Å². The van der Waals surface area contributed by atoms with Gasteiger partial charge in [0.25, 0.3) is 0 Å². The van der Waals surface area contributed by atoms with Crippen LogP contribution in [0.25, 0.3) is 0 Å². The van der Waals surface area contributed by atoms with Crippen molar-refractivity contribution in [2.75, 3.05) is 23.1 Å². The number of carbonyl (C=O) groups excluding carboxylic acids is 2. The summed E-state index contributed by atoms with van der Waals surface area (Å²) in [7, 11) is 0. The highest BCUT2D eigenvalue weighted by molar-refractivity contribution is 6.31. The Kier molecular flexibility index (Phi) is 6.62. The van der Waals surface area contributed by atoms with Gasteiger partial charge in [-0.1, -0.05) is 11.6 Å². The molecule has 0 aromatic heterocycles. The van der Waals surface area contributed by atoms with Gasteiger partial charge in [0.15, 0.2) is 0 Å². The molecular formula is C12H15Cl2N3O2. The molecule has 0 aliphatic heterocycles. The van der Waals surface area contributed by atoms with Crippen LogP contribution < -0.4 is 16.4 Å². The van der Waals surface area contributed by atoms with Crippen LogP contribution in [0.2, 0.25) is 5.02 Å². The van der Waals surface area contributed by atoms with Gasteiger partial charge in [-0.2, -0.15) is 0 Å². The number of halogens is 2. The monoisotopic (exact) mass is 303 g/mol. The molecule has 0 saturated heterocycles. The van der Waals surface area contributed by atoms with Gasteiger partial charge in [-0.05, 0) is 31.2 Å². The molecule has 1 aromatic carbocycles. The van der Waals surface area contributed by atoms with E-state index in [0.29, 0.717) is 35.8 Å². The highest BCUT2D eigenvalue weighted by Gasteiger charge is 2.09. The lowest BCUT2D eigenvalue weighted by Crippen LogP contribution is -2.17. The van der Waals surface area contributed by atoms with E-state index in [1.165, 1.54) is 0 Å². The van der Waals surface area contributed by atoms with Gasteiger partial charge in [-0.25, -0.2) is 0 Å². The largest absolute Gasteiger partial charge is 0.330 e. The van der Waals surface area contributed by atoms with Crippen LogP contribution in [0.1, 0.15) is 12.8 Å². The molecule has 4 N–H and O–H groups in total. The molecule has 19 heavy (non-hydrogen) atoms. The zero-order chi connectivity index (χ0) is 14.3. The first kappa shape index (κ1) is 15.8. The second-order valence-corrected chi connectivity index (χ2v) is 4.52. The summed E-state index contributed by atoms with van der Waals surface area (Å²) < 4.78 is 0. The SMILES string of the molecule is NCCCC(=O)Nc1cc(Cl)ccc1NC(=O)CCl. The number of carbonyl (C=O) groups is 2. The summed E-state index contributed by atoms with van der Waals surface area (Å²) in [5.41, 5.74) is 6.23. The molecule has 1 aromatic rings. The van der Waals surface area contributed by atoms with Crippen molar-refractivity contribution in [3.8, 4) is 0 Å². The molecule has 2 amide bonds. The summed E-state index contributed by atoms with van der Waals surface area (Å²) in [5.74, 6) is -0.709. The molecule has 0 fully saturated rings. The van der Waals surface area contributed by atoms with Crippen molar-refractivity contribution in [1.29, 1.82) is 0 Å². The van der Waals surface area contributed by atoms with E-state index in [0.717, 1.165) is 0 Å². The second-order valence-electron chi connectivity index (χ2n) is 3.81. The first-order valence-electron chi connectivity index (χ1n) is 5.72. The molecule has 0 radical (unpaired) electrons. The maximum absolute atomic E-state index is 11.6. The molecule has 0 saturated carbocycles. The molecule has 5 nitrogen and oxygen atoms in total. The van der Waals surface area contributed by atoms with Crippen LogP contribution in [0.5, 0.6) is 0 Å². The lowest BCUT2D eigenvalue weighted by atomic mass is 10.2. The zero-order valence-electron chi connectivity index (χ0n) is 10.2. The number of anilines is 2. The third-order valence-corrected chi connectivity index (χ3v) is 2.74. The van der Waals surface area contributed by atoms with Crippen LogP contribution >= 0.6 is 23.2 Å². The molecular weight excluding hydrogens is 289 g/mol. The van der Waals surface area contributed by atoms with E-state index in [9.17, 15) is 9.59 Å². The smallest absolute Gasteiger partial charge is 0.239 e. The van der Waals surface area contributed by atoms with Crippen molar-refractivity contribution in [3.63, 3.8) is 0 Å². The van der Waals surface area contributed by atoms with Crippen LogP contribution in [0.15, 0.2) is 18.2 Å².